The van der Waals surface area contributed by atoms with E-state index in [1.165, 1.54) is 12.1 Å². The predicted molar refractivity (Wildman–Crippen MR) is 109 cm³/mol. The van der Waals surface area contributed by atoms with Crippen LogP contribution in [0.4, 0.5) is 16.0 Å². The summed E-state index contributed by atoms with van der Waals surface area (Å²) in [5, 5.41) is 17.1. The molecule has 0 radical (unpaired) electrons. The standard InChI is InChI=1S/C20H23FN6O3/c1-12-19(22)25-27-6-4-18(24-20(12)27)26-10-14(29)9-16(26)15-8-13(21)2-3-17(15)30-7-5-23-11-28/h2-4,6,8,11,14,16,29H,5,7,9-10H2,1H3,(H2,22,25)(H,23,28). The van der Waals surface area contributed by atoms with Crippen molar-refractivity contribution in [1.29, 1.82) is 0 Å². The van der Waals surface area contributed by atoms with Gasteiger partial charge in [-0.3, -0.25) is 4.79 Å². The van der Waals surface area contributed by atoms with Crippen LogP contribution in [0.5, 0.6) is 5.75 Å². The maximum Gasteiger partial charge on any atom is 0.207 e. The number of aromatic nitrogens is 3. The summed E-state index contributed by atoms with van der Waals surface area (Å²) in [6, 6.07) is 5.76. The van der Waals surface area contributed by atoms with Crippen LogP contribution in [-0.2, 0) is 4.79 Å². The topological polar surface area (TPSA) is 118 Å². The molecule has 1 fully saturated rings. The predicted octanol–water partition coefficient (Wildman–Crippen LogP) is 1.20. The van der Waals surface area contributed by atoms with Gasteiger partial charge in [-0.25, -0.2) is 13.9 Å². The number of carbonyl (C=O) groups is 1. The number of amides is 1. The minimum absolute atomic E-state index is 0.241. The quantitative estimate of drug-likeness (QED) is 0.393. The maximum absolute atomic E-state index is 14.1. The number of hydrogen-bond donors (Lipinski definition) is 3. The first kappa shape index (κ1) is 19.9. The Labute approximate surface area is 172 Å². The lowest BCUT2D eigenvalue weighted by atomic mass is 10.0. The number of β-amino-alcohol motifs (C(OH)–C–C–N with tert-alkyl or cyclic N) is 1. The van der Waals surface area contributed by atoms with Gasteiger partial charge in [0.05, 0.1) is 18.7 Å². The molecule has 0 bridgehead atoms. The van der Waals surface area contributed by atoms with Crippen LogP contribution in [0.1, 0.15) is 23.6 Å². The van der Waals surface area contributed by atoms with E-state index in [2.05, 4.69) is 15.4 Å². The molecule has 30 heavy (non-hydrogen) atoms. The van der Waals surface area contributed by atoms with Crippen molar-refractivity contribution in [3.8, 4) is 5.75 Å². The second-order valence-corrected chi connectivity index (χ2v) is 7.22. The number of nitrogens with zero attached hydrogens (tertiary/aromatic N) is 4. The highest BCUT2D eigenvalue weighted by atomic mass is 19.1. The molecule has 0 spiro atoms. The van der Waals surface area contributed by atoms with Crippen molar-refractivity contribution in [2.45, 2.75) is 25.5 Å². The van der Waals surface area contributed by atoms with Gasteiger partial charge in [-0.05, 0) is 37.6 Å². The van der Waals surface area contributed by atoms with Crippen LogP contribution in [0.25, 0.3) is 5.65 Å². The number of carbonyl (C=O) groups excluding carboxylic acids is 1. The number of hydrogen-bond acceptors (Lipinski definition) is 7. The highest BCUT2D eigenvalue weighted by molar-refractivity contribution is 5.61. The van der Waals surface area contributed by atoms with Crippen LogP contribution in [0, 0.1) is 12.7 Å². The summed E-state index contributed by atoms with van der Waals surface area (Å²) >= 11 is 0. The number of fused-ring (bicyclic) bond motifs is 1. The number of halogens is 1. The smallest absolute Gasteiger partial charge is 0.207 e. The van der Waals surface area contributed by atoms with Gasteiger partial charge in [-0.15, -0.1) is 5.10 Å². The molecular weight excluding hydrogens is 391 g/mol. The molecule has 4 rings (SSSR count). The summed E-state index contributed by atoms with van der Waals surface area (Å²) in [7, 11) is 0. The summed E-state index contributed by atoms with van der Waals surface area (Å²) in [5.41, 5.74) is 7.90. The van der Waals surface area contributed by atoms with Gasteiger partial charge < -0.3 is 25.8 Å². The van der Waals surface area contributed by atoms with Gasteiger partial charge in [0.1, 0.15) is 24.0 Å². The molecule has 3 heterocycles. The Hall–Kier alpha value is -3.40. The zero-order valence-corrected chi connectivity index (χ0v) is 16.5. The Balaban J connectivity index is 1.69. The number of anilines is 2. The van der Waals surface area contributed by atoms with Crippen LogP contribution in [0.3, 0.4) is 0 Å². The Kier molecular flexibility index (Phi) is 5.40. The van der Waals surface area contributed by atoms with Gasteiger partial charge in [-0.1, -0.05) is 0 Å². The molecule has 3 aromatic rings. The Bertz CT molecular complexity index is 1070. The van der Waals surface area contributed by atoms with Crippen molar-refractivity contribution < 1.29 is 19.0 Å². The third-order valence-electron chi connectivity index (χ3n) is 5.23. The average Bonchev–Trinajstić information content (AvgIpc) is 3.25. The van der Waals surface area contributed by atoms with E-state index < -0.39 is 11.9 Å². The Morgan fingerprint density at radius 2 is 2.27 bits per heavy atom. The summed E-state index contributed by atoms with van der Waals surface area (Å²) in [6.07, 6.45) is 2.16. The Morgan fingerprint density at radius 3 is 3.07 bits per heavy atom. The van der Waals surface area contributed by atoms with Crippen molar-refractivity contribution in [2.75, 3.05) is 30.3 Å². The monoisotopic (exact) mass is 414 g/mol. The highest BCUT2D eigenvalue weighted by Crippen LogP contribution is 2.40. The fourth-order valence-electron chi connectivity index (χ4n) is 3.76. The normalized spacial score (nSPS) is 18.7. The molecule has 1 aliphatic heterocycles. The summed E-state index contributed by atoms with van der Waals surface area (Å²) in [5.74, 6) is 1.14. The van der Waals surface area contributed by atoms with E-state index in [0.29, 0.717) is 54.5 Å². The third kappa shape index (κ3) is 3.73. The molecule has 1 aromatic carbocycles. The van der Waals surface area contributed by atoms with E-state index in [-0.39, 0.29) is 12.6 Å². The Morgan fingerprint density at radius 1 is 1.43 bits per heavy atom. The highest BCUT2D eigenvalue weighted by Gasteiger charge is 2.35. The van der Waals surface area contributed by atoms with Crippen molar-refractivity contribution in [1.82, 2.24) is 19.9 Å². The van der Waals surface area contributed by atoms with Crippen molar-refractivity contribution in [2.24, 2.45) is 0 Å². The molecular formula is C20H23FN6O3. The van der Waals surface area contributed by atoms with Crippen LogP contribution >= 0.6 is 0 Å². The summed E-state index contributed by atoms with van der Waals surface area (Å²) in [4.78, 5) is 17.0. The molecule has 158 valence electrons. The first-order valence-electron chi connectivity index (χ1n) is 9.63. The van der Waals surface area contributed by atoms with Gasteiger partial charge in [-0.2, -0.15) is 0 Å². The molecule has 2 unspecified atom stereocenters. The van der Waals surface area contributed by atoms with E-state index >= 15 is 0 Å². The molecule has 2 aromatic heterocycles. The third-order valence-corrected chi connectivity index (χ3v) is 5.23. The molecule has 9 nitrogen and oxygen atoms in total. The second kappa shape index (κ2) is 8.15. The lowest BCUT2D eigenvalue weighted by Gasteiger charge is -2.27. The lowest BCUT2D eigenvalue weighted by Crippen LogP contribution is -2.26. The maximum atomic E-state index is 14.1. The second-order valence-electron chi connectivity index (χ2n) is 7.22. The summed E-state index contributed by atoms with van der Waals surface area (Å²) < 4.78 is 21.5. The van der Waals surface area contributed by atoms with E-state index in [4.69, 9.17) is 10.5 Å². The number of nitrogen functional groups attached to an aromatic ring is 1. The molecule has 4 N–H and O–H groups in total. The van der Waals surface area contributed by atoms with Gasteiger partial charge in [0.15, 0.2) is 11.5 Å². The van der Waals surface area contributed by atoms with Crippen LogP contribution in [0.2, 0.25) is 0 Å². The number of aliphatic hydroxyl groups excluding tert-OH is 1. The minimum atomic E-state index is -0.600. The van der Waals surface area contributed by atoms with Gasteiger partial charge in [0, 0.05) is 23.9 Å². The van der Waals surface area contributed by atoms with E-state index in [0.717, 1.165) is 5.56 Å². The minimum Gasteiger partial charge on any atom is -0.491 e. The van der Waals surface area contributed by atoms with Crippen LogP contribution in [-0.4, -0.2) is 51.9 Å². The number of nitrogens with two attached hydrogens (primary N) is 1. The van der Waals surface area contributed by atoms with Gasteiger partial charge in [0.25, 0.3) is 0 Å². The molecule has 1 saturated heterocycles. The summed E-state index contributed by atoms with van der Waals surface area (Å²) in [6.45, 7) is 2.76. The SMILES string of the molecule is Cc1c(N)nn2ccc(N3CC(O)CC3c3cc(F)ccc3OCCNC=O)nc12. The molecule has 0 saturated carbocycles. The first-order chi connectivity index (χ1) is 14.5. The number of nitrogens with one attached hydrogen (secondary N) is 1. The first-order valence-corrected chi connectivity index (χ1v) is 9.63. The van der Waals surface area contributed by atoms with Crippen molar-refractivity contribution in [3.05, 3.63) is 47.4 Å². The number of aliphatic hydroxyl groups is 1. The molecule has 1 amide bonds. The van der Waals surface area contributed by atoms with Crippen LogP contribution < -0.4 is 20.7 Å². The van der Waals surface area contributed by atoms with E-state index in [1.807, 2.05) is 11.8 Å². The van der Waals surface area contributed by atoms with E-state index in [9.17, 15) is 14.3 Å². The molecule has 2 atom stereocenters. The molecule has 10 heteroatoms. The number of rotatable bonds is 7. The van der Waals surface area contributed by atoms with Crippen molar-refractivity contribution in [3.63, 3.8) is 0 Å². The fourth-order valence-corrected chi connectivity index (χ4v) is 3.76. The largest absolute Gasteiger partial charge is 0.491 e. The zero-order valence-electron chi connectivity index (χ0n) is 16.5. The number of aryl methyl sites for hydroxylation is 1. The number of ether oxygens (including phenoxy) is 1. The molecule has 0 aliphatic carbocycles. The average molecular weight is 414 g/mol. The van der Waals surface area contributed by atoms with Gasteiger partial charge in [0.2, 0.25) is 6.41 Å². The fraction of sp³-hybridized carbons (Fsp3) is 0.350. The van der Waals surface area contributed by atoms with Gasteiger partial charge >= 0.3 is 0 Å². The van der Waals surface area contributed by atoms with E-state index in [1.54, 1.807) is 22.8 Å². The zero-order chi connectivity index (χ0) is 21.3. The number of benzene rings is 1. The van der Waals surface area contributed by atoms with Crippen molar-refractivity contribution >= 4 is 23.7 Å². The van der Waals surface area contributed by atoms with Crippen LogP contribution in [0.15, 0.2) is 30.5 Å². The lowest BCUT2D eigenvalue weighted by molar-refractivity contribution is -0.109. The molecule has 1 aliphatic rings.